The summed E-state index contributed by atoms with van der Waals surface area (Å²) >= 11 is 1.32. The molecular weight excluding hydrogens is 391 g/mol. The molecule has 28 heavy (non-hydrogen) atoms. The zero-order chi connectivity index (χ0) is 20.1. The van der Waals surface area contributed by atoms with E-state index in [0.29, 0.717) is 21.8 Å². The Morgan fingerprint density at radius 3 is 2.75 bits per heavy atom. The van der Waals surface area contributed by atoms with Gasteiger partial charge in [0.25, 0.3) is 0 Å². The third kappa shape index (κ3) is 3.31. The average molecular weight is 407 g/mol. The molecule has 4 rings (SSSR count). The fourth-order valence-electron chi connectivity index (χ4n) is 3.51. The molecule has 3 aromatic rings. The Labute approximate surface area is 162 Å². The van der Waals surface area contributed by atoms with E-state index in [1.807, 2.05) is 31.2 Å². The van der Waals surface area contributed by atoms with Crippen molar-refractivity contribution in [3.8, 4) is 0 Å². The summed E-state index contributed by atoms with van der Waals surface area (Å²) in [4.78, 5) is 15.7. The molecule has 1 unspecified atom stereocenters. The summed E-state index contributed by atoms with van der Waals surface area (Å²) < 4.78 is 39.4. The number of carboxylic acid groups (broad SMARTS) is 1. The number of fused-ring (bicyclic) bond motifs is 2. The van der Waals surface area contributed by atoms with Crippen molar-refractivity contribution in [2.45, 2.75) is 31.6 Å². The summed E-state index contributed by atoms with van der Waals surface area (Å²) in [5.41, 5.74) is 3.73. The fraction of sp³-hybridized carbons (Fsp3) is 0.263. The molecule has 0 aliphatic carbocycles. The Bertz CT molecular complexity index is 1070. The first-order valence-electron chi connectivity index (χ1n) is 8.49. The van der Waals surface area contributed by atoms with Crippen LogP contribution >= 0.6 is 11.3 Å². The molecular formula is C19H16F3N3O2S. The lowest BCUT2D eigenvalue weighted by Crippen LogP contribution is -2.45. The van der Waals surface area contributed by atoms with Crippen LogP contribution in [0.2, 0.25) is 0 Å². The van der Waals surface area contributed by atoms with Gasteiger partial charge < -0.3 is 10.1 Å². The summed E-state index contributed by atoms with van der Waals surface area (Å²) in [5.74, 6) is -0.925. The number of benzene rings is 2. The van der Waals surface area contributed by atoms with Gasteiger partial charge in [0, 0.05) is 0 Å². The molecule has 0 fully saturated rings. The van der Waals surface area contributed by atoms with Crippen LogP contribution in [0.4, 0.5) is 18.9 Å². The van der Waals surface area contributed by atoms with Gasteiger partial charge in [-0.3, -0.25) is 4.79 Å². The van der Waals surface area contributed by atoms with Crippen LogP contribution in [0.3, 0.4) is 0 Å². The molecule has 146 valence electrons. The van der Waals surface area contributed by atoms with Gasteiger partial charge in [-0.25, -0.2) is 10.4 Å². The van der Waals surface area contributed by atoms with Gasteiger partial charge >= 0.3 is 12.1 Å². The van der Waals surface area contributed by atoms with Gasteiger partial charge in [-0.2, -0.15) is 13.2 Å². The number of carboxylic acids is 1. The van der Waals surface area contributed by atoms with Crippen LogP contribution in [0.15, 0.2) is 42.5 Å². The Hall–Kier alpha value is -2.65. The minimum Gasteiger partial charge on any atom is -0.481 e. The molecule has 1 atom stereocenters. The summed E-state index contributed by atoms with van der Waals surface area (Å²) in [6, 6.07) is 11.0. The lowest BCUT2D eigenvalue weighted by molar-refractivity contribution is -0.139. The third-order valence-corrected chi connectivity index (χ3v) is 5.75. The number of aliphatic carboxylic acids is 1. The number of hydrazine groups is 1. The van der Waals surface area contributed by atoms with Gasteiger partial charge in [0.1, 0.15) is 5.01 Å². The topological polar surface area (TPSA) is 65.5 Å². The molecule has 2 heterocycles. The number of alkyl halides is 3. The van der Waals surface area contributed by atoms with E-state index >= 15 is 0 Å². The van der Waals surface area contributed by atoms with Crippen LogP contribution in [0.25, 0.3) is 10.2 Å². The van der Waals surface area contributed by atoms with Crippen molar-refractivity contribution >= 4 is 33.2 Å². The molecule has 0 saturated heterocycles. The van der Waals surface area contributed by atoms with Crippen molar-refractivity contribution in [2.24, 2.45) is 0 Å². The highest BCUT2D eigenvalue weighted by Gasteiger charge is 2.40. The Morgan fingerprint density at radius 1 is 1.29 bits per heavy atom. The highest BCUT2D eigenvalue weighted by molar-refractivity contribution is 7.18. The Morgan fingerprint density at radius 2 is 2.04 bits per heavy atom. The summed E-state index contributed by atoms with van der Waals surface area (Å²) in [7, 11) is 0. The van der Waals surface area contributed by atoms with Gasteiger partial charge in [-0.05, 0) is 36.8 Å². The molecule has 1 aromatic heterocycles. The van der Waals surface area contributed by atoms with Gasteiger partial charge in [0.05, 0.1) is 40.0 Å². The number of thiazole rings is 1. The van der Waals surface area contributed by atoms with Crippen molar-refractivity contribution < 1.29 is 23.1 Å². The van der Waals surface area contributed by atoms with Crippen LogP contribution < -0.4 is 10.4 Å². The first-order valence-corrected chi connectivity index (χ1v) is 9.31. The molecule has 2 aromatic carbocycles. The normalized spacial score (nSPS) is 19.2. The predicted molar refractivity (Wildman–Crippen MR) is 100.0 cm³/mol. The second kappa shape index (κ2) is 6.46. The summed E-state index contributed by atoms with van der Waals surface area (Å²) in [6.07, 6.45) is -4.51. The Kier molecular flexibility index (Phi) is 4.31. The third-order valence-electron chi connectivity index (χ3n) is 4.73. The summed E-state index contributed by atoms with van der Waals surface area (Å²) in [5, 5.41) is 11.7. The first kappa shape index (κ1) is 18.7. The summed E-state index contributed by atoms with van der Waals surface area (Å²) in [6.45, 7) is 2.13. The second-order valence-corrected chi connectivity index (χ2v) is 8.02. The zero-order valence-corrected chi connectivity index (χ0v) is 15.6. The number of nitrogens with zero attached hydrogens (tertiary/aromatic N) is 2. The van der Waals surface area contributed by atoms with E-state index < -0.39 is 23.2 Å². The molecule has 1 aliphatic heterocycles. The van der Waals surface area contributed by atoms with Gasteiger partial charge in [0.15, 0.2) is 0 Å². The maximum atomic E-state index is 12.9. The van der Waals surface area contributed by atoms with E-state index in [1.54, 1.807) is 5.01 Å². The lowest BCUT2D eigenvalue weighted by atomic mass is 9.90. The molecule has 0 amide bonds. The number of para-hydroxylation sites is 1. The zero-order valence-electron chi connectivity index (χ0n) is 14.7. The van der Waals surface area contributed by atoms with E-state index in [-0.39, 0.29) is 6.42 Å². The van der Waals surface area contributed by atoms with Crippen LogP contribution in [0.5, 0.6) is 0 Å². The standard InChI is InChI=1S/C19H16F3N3O2S/c1-18(9-17(26)27)12-4-2-3-5-14(12)25(24-18)10-16-23-13-8-11(19(20,21)22)6-7-15(13)28-16/h2-8,24H,9-10H2,1H3,(H,26,27). The minimum absolute atomic E-state index is 0.102. The number of nitrogens with one attached hydrogen (secondary N) is 1. The van der Waals surface area contributed by atoms with Crippen LogP contribution in [0, 0.1) is 0 Å². The number of aromatic nitrogens is 1. The maximum Gasteiger partial charge on any atom is 0.416 e. The van der Waals surface area contributed by atoms with E-state index in [1.165, 1.54) is 17.4 Å². The fourth-order valence-corrected chi connectivity index (χ4v) is 4.45. The maximum absolute atomic E-state index is 12.9. The van der Waals surface area contributed by atoms with E-state index in [4.69, 9.17) is 0 Å². The number of rotatable bonds is 4. The monoisotopic (exact) mass is 407 g/mol. The number of carbonyl (C=O) groups is 1. The molecule has 0 saturated carbocycles. The molecule has 5 nitrogen and oxygen atoms in total. The molecule has 2 N–H and O–H groups in total. The number of anilines is 1. The SMILES string of the molecule is CC1(CC(=O)O)NN(Cc2nc3cc(C(F)(F)F)ccc3s2)c2ccccc21. The van der Waals surface area contributed by atoms with Gasteiger partial charge in [0.2, 0.25) is 0 Å². The smallest absolute Gasteiger partial charge is 0.416 e. The van der Waals surface area contributed by atoms with Crippen molar-refractivity contribution in [3.63, 3.8) is 0 Å². The van der Waals surface area contributed by atoms with Crippen LogP contribution in [-0.2, 0) is 23.1 Å². The molecule has 1 aliphatic rings. The van der Waals surface area contributed by atoms with E-state index in [9.17, 15) is 23.1 Å². The number of hydrogen-bond donors (Lipinski definition) is 2. The van der Waals surface area contributed by atoms with E-state index in [0.717, 1.165) is 23.4 Å². The minimum atomic E-state index is -4.41. The van der Waals surface area contributed by atoms with Crippen LogP contribution in [0.1, 0.15) is 29.5 Å². The van der Waals surface area contributed by atoms with Gasteiger partial charge in [-0.1, -0.05) is 18.2 Å². The van der Waals surface area contributed by atoms with Crippen molar-refractivity contribution in [1.29, 1.82) is 0 Å². The molecule has 0 radical (unpaired) electrons. The highest BCUT2D eigenvalue weighted by Crippen LogP contribution is 2.40. The number of halogens is 3. The quantitative estimate of drug-likeness (QED) is 0.665. The van der Waals surface area contributed by atoms with Crippen molar-refractivity contribution in [2.75, 3.05) is 5.01 Å². The highest BCUT2D eigenvalue weighted by atomic mass is 32.1. The van der Waals surface area contributed by atoms with Crippen molar-refractivity contribution in [1.82, 2.24) is 10.4 Å². The molecule has 9 heteroatoms. The Balaban J connectivity index is 1.65. The number of hydrogen-bond acceptors (Lipinski definition) is 5. The first-order chi connectivity index (χ1) is 13.2. The second-order valence-electron chi connectivity index (χ2n) is 6.91. The lowest BCUT2D eigenvalue weighted by Gasteiger charge is -2.26. The molecule has 0 spiro atoms. The molecule has 0 bridgehead atoms. The van der Waals surface area contributed by atoms with Gasteiger partial charge in [-0.15, -0.1) is 11.3 Å². The average Bonchev–Trinajstić information content (AvgIpc) is 3.12. The van der Waals surface area contributed by atoms with Crippen molar-refractivity contribution in [3.05, 3.63) is 58.6 Å². The largest absolute Gasteiger partial charge is 0.481 e. The van der Waals surface area contributed by atoms with Crippen LogP contribution in [-0.4, -0.2) is 16.1 Å². The predicted octanol–water partition coefficient (Wildman–Crippen LogP) is 4.53. The van der Waals surface area contributed by atoms with E-state index in [2.05, 4.69) is 10.4 Å².